The zero-order valence-electron chi connectivity index (χ0n) is 19.2. The minimum Gasteiger partial charge on any atom is -0.497 e. The molecular formula is C26H26N4O4. The average Bonchev–Trinajstić information content (AvgIpc) is 3.59. The summed E-state index contributed by atoms with van der Waals surface area (Å²) in [5, 5.41) is 4.69. The first-order chi connectivity index (χ1) is 16.7. The van der Waals surface area contributed by atoms with Crippen molar-refractivity contribution in [3.63, 3.8) is 0 Å². The summed E-state index contributed by atoms with van der Waals surface area (Å²) < 4.78 is 17.7. The fourth-order valence-electron chi connectivity index (χ4n) is 4.12. The van der Waals surface area contributed by atoms with Gasteiger partial charge in [-0.05, 0) is 60.7 Å². The number of carbonyl (C=O) groups excluding carboxylic acids is 1. The number of carbonyl (C=O) groups is 1. The molecule has 5 rings (SSSR count). The number of ether oxygens (including phenoxy) is 2. The summed E-state index contributed by atoms with van der Waals surface area (Å²) in [6, 6.07) is 20.9. The van der Waals surface area contributed by atoms with Crippen molar-refractivity contribution in [1.82, 2.24) is 14.7 Å². The lowest BCUT2D eigenvalue weighted by molar-refractivity contribution is 0.0737. The maximum Gasteiger partial charge on any atom is 0.272 e. The van der Waals surface area contributed by atoms with Gasteiger partial charge < -0.3 is 23.7 Å². The number of hydrogen-bond donors (Lipinski definition) is 0. The van der Waals surface area contributed by atoms with Gasteiger partial charge in [-0.3, -0.25) is 4.79 Å². The highest BCUT2D eigenvalue weighted by Crippen LogP contribution is 2.25. The number of benzene rings is 2. The molecule has 0 saturated carbocycles. The monoisotopic (exact) mass is 458 g/mol. The number of methoxy groups -OCH3 is 2. The van der Waals surface area contributed by atoms with E-state index in [1.54, 1.807) is 31.2 Å². The zero-order chi connectivity index (χ0) is 23.5. The Kier molecular flexibility index (Phi) is 5.95. The van der Waals surface area contributed by atoms with Crippen LogP contribution >= 0.6 is 0 Å². The fraction of sp³-hybridized carbons (Fsp3) is 0.231. The summed E-state index contributed by atoms with van der Waals surface area (Å²) in [5.41, 5.74) is 3.01. The zero-order valence-corrected chi connectivity index (χ0v) is 19.2. The first-order valence-corrected chi connectivity index (χ1v) is 11.1. The van der Waals surface area contributed by atoms with E-state index >= 15 is 0 Å². The maximum absolute atomic E-state index is 13.6. The van der Waals surface area contributed by atoms with Gasteiger partial charge in [-0.1, -0.05) is 0 Å². The molecule has 8 heteroatoms. The molecule has 1 amide bonds. The molecule has 0 N–H and O–H groups in total. The van der Waals surface area contributed by atoms with E-state index in [2.05, 4.69) is 10.00 Å². The topological polar surface area (TPSA) is 73.0 Å². The SMILES string of the molecule is COc1ccc(N2CCN(C(=O)c3cc(-c4ccco4)nn3-c3ccc(OC)cc3)CC2)cc1. The van der Waals surface area contributed by atoms with Gasteiger partial charge in [0.25, 0.3) is 5.91 Å². The number of nitrogens with zero attached hydrogens (tertiary/aromatic N) is 4. The Hall–Kier alpha value is -4.20. The summed E-state index contributed by atoms with van der Waals surface area (Å²) >= 11 is 0. The third-order valence-corrected chi connectivity index (χ3v) is 6.02. The van der Waals surface area contributed by atoms with Crippen LogP contribution in [0.2, 0.25) is 0 Å². The van der Waals surface area contributed by atoms with E-state index in [0.717, 1.165) is 36.0 Å². The summed E-state index contributed by atoms with van der Waals surface area (Å²) in [5.74, 6) is 2.13. The van der Waals surface area contributed by atoms with Gasteiger partial charge in [0.05, 0.1) is 26.2 Å². The Morgan fingerprint density at radius 2 is 1.47 bits per heavy atom. The molecule has 1 aliphatic rings. The molecule has 0 bridgehead atoms. The standard InChI is InChI=1S/C26H26N4O4/c1-32-21-9-5-19(6-10-21)28-13-15-29(16-14-28)26(31)24-18-23(25-4-3-17-34-25)27-30(24)20-7-11-22(33-2)12-8-20/h3-12,17-18H,13-16H2,1-2H3. The van der Waals surface area contributed by atoms with Crippen LogP contribution in [0, 0.1) is 0 Å². The van der Waals surface area contributed by atoms with E-state index in [-0.39, 0.29) is 5.91 Å². The van der Waals surface area contributed by atoms with Gasteiger partial charge in [-0.25, -0.2) is 4.68 Å². The fourth-order valence-corrected chi connectivity index (χ4v) is 4.12. The van der Waals surface area contributed by atoms with Crippen LogP contribution in [0.15, 0.2) is 77.4 Å². The lowest BCUT2D eigenvalue weighted by Gasteiger charge is -2.36. The van der Waals surface area contributed by atoms with E-state index in [0.29, 0.717) is 30.2 Å². The van der Waals surface area contributed by atoms with Gasteiger partial charge in [-0.15, -0.1) is 0 Å². The minimum absolute atomic E-state index is 0.0597. The molecule has 4 aromatic rings. The van der Waals surface area contributed by atoms with E-state index in [1.165, 1.54) is 0 Å². The molecule has 174 valence electrons. The quantitative estimate of drug-likeness (QED) is 0.433. The second-order valence-electron chi connectivity index (χ2n) is 7.98. The summed E-state index contributed by atoms with van der Waals surface area (Å²) in [6.45, 7) is 2.74. The number of furan rings is 1. The molecule has 2 aromatic carbocycles. The van der Waals surface area contributed by atoms with Gasteiger partial charge in [0, 0.05) is 37.9 Å². The molecule has 0 atom stereocenters. The largest absolute Gasteiger partial charge is 0.497 e. The molecule has 3 heterocycles. The average molecular weight is 459 g/mol. The summed E-state index contributed by atoms with van der Waals surface area (Å²) in [6.07, 6.45) is 1.60. The van der Waals surface area contributed by atoms with E-state index in [4.69, 9.17) is 13.9 Å². The van der Waals surface area contributed by atoms with Crippen molar-refractivity contribution < 1.29 is 18.7 Å². The smallest absolute Gasteiger partial charge is 0.272 e. The van der Waals surface area contributed by atoms with Crippen LogP contribution in [0.3, 0.4) is 0 Å². The van der Waals surface area contributed by atoms with Gasteiger partial charge in [0.15, 0.2) is 5.76 Å². The van der Waals surface area contributed by atoms with Gasteiger partial charge in [-0.2, -0.15) is 5.10 Å². The number of piperazine rings is 1. The Morgan fingerprint density at radius 1 is 0.853 bits per heavy atom. The van der Waals surface area contributed by atoms with Crippen LogP contribution in [0.25, 0.3) is 17.1 Å². The number of aromatic nitrogens is 2. The van der Waals surface area contributed by atoms with Crippen molar-refractivity contribution >= 4 is 11.6 Å². The van der Waals surface area contributed by atoms with Crippen molar-refractivity contribution in [3.05, 3.63) is 78.7 Å². The normalized spacial score (nSPS) is 13.7. The van der Waals surface area contributed by atoms with Crippen LogP contribution in [-0.2, 0) is 0 Å². The Balaban J connectivity index is 1.38. The Labute approximate surface area is 197 Å². The van der Waals surface area contributed by atoms with Gasteiger partial charge in [0.1, 0.15) is 22.9 Å². The predicted octanol–water partition coefficient (Wildman–Crippen LogP) is 4.11. The predicted molar refractivity (Wildman–Crippen MR) is 129 cm³/mol. The Morgan fingerprint density at radius 3 is 2.03 bits per heavy atom. The molecular weight excluding hydrogens is 432 g/mol. The van der Waals surface area contributed by atoms with Crippen molar-refractivity contribution in [1.29, 1.82) is 0 Å². The summed E-state index contributed by atoms with van der Waals surface area (Å²) in [4.78, 5) is 17.8. The highest BCUT2D eigenvalue weighted by atomic mass is 16.5. The third kappa shape index (κ3) is 4.22. The van der Waals surface area contributed by atoms with Crippen molar-refractivity contribution in [3.8, 4) is 28.6 Å². The number of anilines is 1. The van der Waals surface area contributed by atoms with Crippen LogP contribution in [0.1, 0.15) is 10.5 Å². The molecule has 1 aliphatic heterocycles. The lowest BCUT2D eigenvalue weighted by Crippen LogP contribution is -2.49. The summed E-state index contributed by atoms with van der Waals surface area (Å²) in [7, 11) is 3.28. The molecule has 0 radical (unpaired) electrons. The Bertz CT molecular complexity index is 1240. The van der Waals surface area contributed by atoms with Crippen LogP contribution in [-0.4, -0.2) is 61.0 Å². The van der Waals surface area contributed by atoms with E-state index in [9.17, 15) is 4.79 Å². The minimum atomic E-state index is -0.0597. The molecule has 34 heavy (non-hydrogen) atoms. The highest BCUT2D eigenvalue weighted by molar-refractivity contribution is 5.94. The maximum atomic E-state index is 13.6. The van der Waals surface area contributed by atoms with Crippen LogP contribution in [0.5, 0.6) is 11.5 Å². The molecule has 0 unspecified atom stereocenters. The molecule has 0 spiro atoms. The number of rotatable bonds is 6. The lowest BCUT2D eigenvalue weighted by atomic mass is 10.2. The van der Waals surface area contributed by atoms with Crippen molar-refractivity contribution in [2.45, 2.75) is 0 Å². The third-order valence-electron chi connectivity index (χ3n) is 6.02. The highest BCUT2D eigenvalue weighted by Gasteiger charge is 2.27. The molecule has 1 saturated heterocycles. The van der Waals surface area contributed by atoms with Gasteiger partial charge in [0.2, 0.25) is 0 Å². The first-order valence-electron chi connectivity index (χ1n) is 11.1. The molecule has 0 aliphatic carbocycles. The van der Waals surface area contributed by atoms with E-state index < -0.39 is 0 Å². The molecule has 1 fully saturated rings. The van der Waals surface area contributed by atoms with Crippen LogP contribution in [0.4, 0.5) is 5.69 Å². The second kappa shape index (κ2) is 9.35. The molecule has 8 nitrogen and oxygen atoms in total. The van der Waals surface area contributed by atoms with Crippen molar-refractivity contribution in [2.75, 3.05) is 45.3 Å². The van der Waals surface area contributed by atoms with Gasteiger partial charge >= 0.3 is 0 Å². The molecule has 2 aromatic heterocycles. The first kappa shape index (κ1) is 21.6. The van der Waals surface area contributed by atoms with E-state index in [1.807, 2.05) is 65.6 Å². The number of hydrogen-bond acceptors (Lipinski definition) is 6. The van der Waals surface area contributed by atoms with Crippen LogP contribution < -0.4 is 14.4 Å². The second-order valence-corrected chi connectivity index (χ2v) is 7.98. The van der Waals surface area contributed by atoms with Crippen molar-refractivity contribution in [2.24, 2.45) is 0 Å². The number of amides is 1.